The van der Waals surface area contributed by atoms with E-state index in [1.165, 1.54) is 0 Å². The summed E-state index contributed by atoms with van der Waals surface area (Å²) in [5.41, 5.74) is 0.588. The van der Waals surface area contributed by atoms with Crippen molar-refractivity contribution < 1.29 is 4.79 Å². The quantitative estimate of drug-likeness (QED) is 0.460. The van der Waals surface area contributed by atoms with Gasteiger partial charge in [-0.2, -0.15) is 0 Å². The van der Waals surface area contributed by atoms with Gasteiger partial charge >= 0.3 is 0 Å². The number of aliphatic imine (C=N–C) groups is 1. The first-order valence-corrected chi connectivity index (χ1v) is 8.72. The second kappa shape index (κ2) is 6.17. The molecule has 0 bridgehead atoms. The Kier molecular flexibility index (Phi) is 3.98. The van der Waals surface area contributed by atoms with Crippen LogP contribution < -0.4 is 0 Å². The lowest BCUT2D eigenvalue weighted by atomic mass is 9.82. The Morgan fingerprint density at radius 3 is 2.80 bits per heavy atom. The van der Waals surface area contributed by atoms with E-state index in [0.717, 1.165) is 15.4 Å². The highest BCUT2D eigenvalue weighted by Crippen LogP contribution is 2.38. The second-order valence-corrected chi connectivity index (χ2v) is 6.88. The Morgan fingerprint density at radius 2 is 2.04 bits per heavy atom. The summed E-state index contributed by atoms with van der Waals surface area (Å²) < 4.78 is 0.873. The summed E-state index contributed by atoms with van der Waals surface area (Å²) in [6.07, 6.45) is 8.43. The van der Waals surface area contributed by atoms with Gasteiger partial charge in [-0.05, 0) is 46.3 Å². The van der Waals surface area contributed by atoms with Crippen LogP contribution >= 0.6 is 27.5 Å². The molecule has 1 aliphatic heterocycles. The van der Waals surface area contributed by atoms with Crippen molar-refractivity contribution in [3.63, 3.8) is 0 Å². The van der Waals surface area contributed by atoms with Crippen molar-refractivity contribution in [2.24, 2.45) is 4.99 Å². The van der Waals surface area contributed by atoms with Crippen LogP contribution in [0.25, 0.3) is 10.9 Å². The second-order valence-electron chi connectivity index (χ2n) is 5.61. The first-order chi connectivity index (χ1) is 12.1. The molecule has 0 saturated carbocycles. The van der Waals surface area contributed by atoms with Crippen LogP contribution in [-0.4, -0.2) is 22.0 Å². The van der Waals surface area contributed by atoms with Gasteiger partial charge in [-0.3, -0.25) is 14.8 Å². The fourth-order valence-corrected chi connectivity index (χ4v) is 3.56. The molecule has 0 N–H and O–H groups in total. The van der Waals surface area contributed by atoms with E-state index in [-0.39, 0.29) is 10.9 Å². The molecule has 4 nitrogen and oxygen atoms in total. The number of pyridine rings is 2. The van der Waals surface area contributed by atoms with Crippen molar-refractivity contribution in [2.75, 3.05) is 0 Å². The zero-order valence-electron chi connectivity index (χ0n) is 12.9. The zero-order valence-corrected chi connectivity index (χ0v) is 15.2. The third-order valence-corrected chi connectivity index (χ3v) is 4.87. The maximum Gasteiger partial charge on any atom is 0.202 e. The molecule has 0 spiro atoms. The highest BCUT2D eigenvalue weighted by molar-refractivity contribution is 9.10. The number of fused-ring (bicyclic) bond motifs is 1. The van der Waals surface area contributed by atoms with Crippen LogP contribution in [0.1, 0.15) is 15.9 Å². The number of nitrogens with zero attached hydrogens (tertiary/aromatic N) is 3. The number of carbonyl (C=O) groups is 1. The monoisotopic (exact) mass is 411 g/mol. The molecule has 3 heterocycles. The predicted molar refractivity (Wildman–Crippen MR) is 102 cm³/mol. The third-order valence-electron chi connectivity index (χ3n) is 4.14. The van der Waals surface area contributed by atoms with Crippen molar-refractivity contribution in [1.82, 2.24) is 9.97 Å². The molecular weight excluding hydrogens is 402 g/mol. The van der Waals surface area contributed by atoms with Gasteiger partial charge in [0.25, 0.3) is 0 Å². The van der Waals surface area contributed by atoms with Gasteiger partial charge in [0.2, 0.25) is 5.78 Å². The van der Waals surface area contributed by atoms with Gasteiger partial charge in [0.05, 0.1) is 11.1 Å². The Labute approximate surface area is 157 Å². The molecule has 3 aromatic rings. The average Bonchev–Trinajstić information content (AvgIpc) is 3.11. The molecule has 1 atom stereocenters. The topological polar surface area (TPSA) is 55.2 Å². The van der Waals surface area contributed by atoms with Gasteiger partial charge in [0, 0.05) is 34.0 Å². The van der Waals surface area contributed by atoms with E-state index in [2.05, 4.69) is 30.9 Å². The molecule has 4 rings (SSSR count). The Balaban J connectivity index is 1.97. The van der Waals surface area contributed by atoms with Crippen molar-refractivity contribution >= 4 is 50.4 Å². The maximum atomic E-state index is 13.4. The van der Waals surface area contributed by atoms with E-state index in [4.69, 9.17) is 11.6 Å². The molecule has 0 saturated heterocycles. The maximum absolute atomic E-state index is 13.4. The van der Waals surface area contributed by atoms with Crippen LogP contribution in [-0.2, 0) is 5.54 Å². The lowest BCUT2D eigenvalue weighted by Gasteiger charge is -2.24. The smallest absolute Gasteiger partial charge is 0.202 e. The lowest BCUT2D eigenvalue weighted by molar-refractivity contribution is 0.0924. The number of hydrogen-bond donors (Lipinski definition) is 0. The summed E-state index contributed by atoms with van der Waals surface area (Å²) in [5, 5.41) is 1.09. The molecule has 25 heavy (non-hydrogen) atoms. The van der Waals surface area contributed by atoms with E-state index in [0.29, 0.717) is 11.1 Å². The first kappa shape index (κ1) is 16.1. The molecule has 2 aromatic heterocycles. The number of carbonyl (C=O) groups excluding carboxylic acids is 1. The zero-order chi connectivity index (χ0) is 17.4. The van der Waals surface area contributed by atoms with E-state index in [9.17, 15) is 4.79 Å². The first-order valence-electron chi connectivity index (χ1n) is 7.55. The van der Waals surface area contributed by atoms with Crippen LogP contribution in [0.5, 0.6) is 0 Å². The summed E-state index contributed by atoms with van der Waals surface area (Å²) in [6, 6.07) is 11.0. The summed E-state index contributed by atoms with van der Waals surface area (Å²) >= 11 is 9.59. The fraction of sp³-hybridized carbons (Fsp3) is 0.0526. The highest BCUT2D eigenvalue weighted by Gasteiger charge is 2.41. The minimum atomic E-state index is -1.19. The molecule has 0 amide bonds. The Hall–Kier alpha value is -2.37. The number of halogens is 2. The van der Waals surface area contributed by atoms with Crippen LogP contribution in [0.3, 0.4) is 0 Å². The predicted octanol–water partition coefficient (Wildman–Crippen LogP) is 4.76. The number of para-hydroxylation sites is 1. The molecule has 0 fully saturated rings. The number of benzene rings is 1. The SMILES string of the molecule is O=C(c1cccnc1Cl)C1(c2cccc3cc(Br)cnc23)C=CC=N1. The van der Waals surface area contributed by atoms with Crippen LogP contribution in [0, 0.1) is 0 Å². The molecule has 1 unspecified atom stereocenters. The average molecular weight is 413 g/mol. The number of rotatable bonds is 3. The fourth-order valence-electron chi connectivity index (χ4n) is 3.00. The molecule has 6 heteroatoms. The summed E-state index contributed by atoms with van der Waals surface area (Å²) in [5.74, 6) is -0.229. The van der Waals surface area contributed by atoms with Gasteiger partial charge in [0.15, 0.2) is 5.54 Å². The minimum Gasteiger partial charge on any atom is -0.291 e. The van der Waals surface area contributed by atoms with Gasteiger partial charge < -0.3 is 0 Å². The third kappa shape index (κ3) is 2.60. The van der Waals surface area contributed by atoms with E-state index in [1.807, 2.05) is 24.3 Å². The molecule has 1 aromatic carbocycles. The summed E-state index contributed by atoms with van der Waals surface area (Å²) in [7, 11) is 0. The number of allylic oxidation sites excluding steroid dienone is 1. The normalized spacial score (nSPS) is 18.8. The molecule has 0 aliphatic carbocycles. The summed E-state index contributed by atoms with van der Waals surface area (Å²) in [6.45, 7) is 0. The van der Waals surface area contributed by atoms with Gasteiger partial charge in [-0.1, -0.05) is 29.8 Å². The van der Waals surface area contributed by atoms with Gasteiger partial charge in [-0.15, -0.1) is 0 Å². The number of ketones is 1. The molecule has 1 aliphatic rings. The van der Waals surface area contributed by atoms with Crippen LogP contribution in [0.4, 0.5) is 0 Å². The largest absolute Gasteiger partial charge is 0.291 e. The Morgan fingerprint density at radius 1 is 1.16 bits per heavy atom. The molecular formula is C19H11BrClN3O. The van der Waals surface area contributed by atoms with Crippen molar-refractivity contribution in [3.05, 3.63) is 81.7 Å². The molecule has 122 valence electrons. The standard InChI is InChI=1S/C19H11BrClN3O/c20-13-10-12-4-1-6-15(16(12)23-11-13)19(7-3-9-24-19)17(25)14-5-2-8-22-18(14)21/h1-11H. The van der Waals surface area contributed by atoms with Crippen molar-refractivity contribution in [3.8, 4) is 0 Å². The van der Waals surface area contributed by atoms with Gasteiger partial charge in [-0.25, -0.2) is 4.98 Å². The minimum absolute atomic E-state index is 0.165. The number of aromatic nitrogens is 2. The van der Waals surface area contributed by atoms with Gasteiger partial charge in [0.1, 0.15) is 5.15 Å². The van der Waals surface area contributed by atoms with Crippen molar-refractivity contribution in [2.45, 2.75) is 5.54 Å². The molecule has 0 radical (unpaired) electrons. The lowest BCUT2D eigenvalue weighted by Crippen LogP contribution is -2.31. The van der Waals surface area contributed by atoms with Crippen LogP contribution in [0.15, 0.2) is 70.4 Å². The van der Waals surface area contributed by atoms with Crippen LogP contribution in [0.2, 0.25) is 5.15 Å². The Bertz CT molecular complexity index is 1050. The number of Topliss-reactive ketones (excluding diaryl/α,β-unsaturated/α-hetero) is 1. The highest BCUT2D eigenvalue weighted by atomic mass is 79.9. The summed E-state index contributed by atoms with van der Waals surface area (Å²) in [4.78, 5) is 26.4. The van der Waals surface area contributed by atoms with Crippen molar-refractivity contribution in [1.29, 1.82) is 0 Å². The van der Waals surface area contributed by atoms with E-state index in [1.54, 1.807) is 42.9 Å². The van der Waals surface area contributed by atoms with E-state index < -0.39 is 5.54 Å². The number of hydrogen-bond acceptors (Lipinski definition) is 4. The van der Waals surface area contributed by atoms with E-state index >= 15 is 0 Å².